The maximum Gasteiger partial charge on any atom is 0.00405 e. The topological polar surface area (TPSA) is 139 Å². The molecule has 7 nitrogen and oxygen atoms in total. The van der Waals surface area contributed by atoms with E-state index in [2.05, 4.69) is 278 Å². The average molecular weight is 1280 g/mol. The van der Waals surface area contributed by atoms with E-state index < -0.39 is 23.8 Å². The Bertz CT molecular complexity index is 2150. The van der Waals surface area contributed by atoms with Crippen molar-refractivity contribution >= 4 is 60.9 Å². The average Bonchev–Trinajstić information content (AvgIpc) is 3.43. The van der Waals surface area contributed by atoms with Crippen molar-refractivity contribution in [2.45, 2.75) is 0 Å². The van der Waals surface area contributed by atoms with E-state index in [9.17, 15) is 0 Å². The first kappa shape index (κ1) is 78.4. The van der Waals surface area contributed by atoms with Crippen LogP contribution in [0.4, 0.5) is 0 Å². The Kier molecular flexibility index (Phi) is 67.5. The van der Waals surface area contributed by atoms with Crippen molar-refractivity contribution in [3.05, 3.63) is 272 Å². The van der Waals surface area contributed by atoms with Crippen molar-refractivity contribution in [2.24, 2.45) is 0 Å². The zero-order valence-corrected chi connectivity index (χ0v) is 44.1. The molecule has 0 bridgehead atoms. The maximum atomic E-state index is 7.50. The third-order valence-electron chi connectivity index (χ3n) is 7.75. The SMILES string of the molecule is [Au+].[C-]#CC#C[CH2-].[C-]#[O+].[C-]#[O+].[C-]#[O+].[C-]#[O+].[C-]#[O+].[C-]#[O+].[C-]#[O+].[Co].[Co].[Co].c1ccc(P(CP(c2ccccc2)c2ccccc2)c2ccccc2)cc1.c1ccc(P(c2ccccc2)c2ccccc2)cc1. The fourth-order valence-corrected chi connectivity index (χ4v) is 14.2. The van der Waals surface area contributed by atoms with E-state index in [1.54, 1.807) is 0 Å². The summed E-state index contributed by atoms with van der Waals surface area (Å²) in [4.78, 5) is 0. The van der Waals surface area contributed by atoms with Gasteiger partial charge in [-0.1, -0.05) is 212 Å². The van der Waals surface area contributed by atoms with Crippen LogP contribution in [0, 0.1) is 77.7 Å². The van der Waals surface area contributed by atoms with Gasteiger partial charge in [0.05, 0.1) is 0 Å². The van der Waals surface area contributed by atoms with Gasteiger partial charge < -0.3 is 6.42 Å². The molecule has 0 saturated heterocycles. The van der Waals surface area contributed by atoms with Gasteiger partial charge in [-0.15, -0.1) is 0 Å². The van der Waals surface area contributed by atoms with Gasteiger partial charge in [-0.05, 0) is 60.9 Å². The second-order valence-electron chi connectivity index (χ2n) is 11.1. The van der Waals surface area contributed by atoms with Gasteiger partial charge in [-0.2, -0.15) is 6.92 Å². The molecule has 355 valence electrons. The Hall–Kier alpha value is -4.74. The Morgan fingerprint density at radius 2 is 0.478 bits per heavy atom. The Morgan fingerprint density at radius 1 is 0.319 bits per heavy atom. The molecule has 7 aromatic carbocycles. The first-order valence-electron chi connectivity index (χ1n) is 18.1. The number of hydrogen-bond acceptors (Lipinski definition) is 0. The standard InChI is InChI=1S/C25H22P2.C18H15P.C5H2.7CO.Au.3Co/c1-5-13-22(14-6-1)26(23-15-7-2-8-16-23)21-27(24-17-9-3-10-18-24)25-19-11-4-12-20-25;1-4-10-16(11-5-1)19(17-12-6-2-7-13-17)18-14-8-3-9-15-18;1-3-5-4-2;7*1-2;;;;/h1-20H,21H2;1-15H;1H2;;;;;;;;;;;/q;;-2;;;;;;;;+1;;;. The Balaban J connectivity index is -0.000000161. The van der Waals surface area contributed by atoms with Crippen LogP contribution in [-0.4, -0.2) is 5.90 Å². The normalized spacial score (nSPS) is 7.65. The molecule has 0 aliphatic heterocycles. The fraction of sp³-hybridized carbons (Fsp3) is 0.0182. The van der Waals surface area contributed by atoms with Gasteiger partial charge in [-0.3, -0.25) is 17.8 Å². The van der Waals surface area contributed by atoms with Gasteiger partial charge in [0.15, 0.2) is 0 Å². The number of benzene rings is 7. The molecule has 14 heteroatoms. The molecule has 0 aromatic heterocycles. The minimum atomic E-state index is -0.446. The van der Waals surface area contributed by atoms with Crippen molar-refractivity contribution in [1.29, 1.82) is 0 Å². The van der Waals surface area contributed by atoms with E-state index in [-0.39, 0.29) is 72.7 Å². The van der Waals surface area contributed by atoms with Crippen LogP contribution in [-0.2, 0) is 105 Å². The molecule has 0 saturated carbocycles. The van der Waals surface area contributed by atoms with Crippen molar-refractivity contribution in [1.82, 2.24) is 0 Å². The zero-order chi connectivity index (χ0) is 49.4. The number of rotatable bonds is 9. The van der Waals surface area contributed by atoms with Gasteiger partial charge in [0.1, 0.15) is 0 Å². The van der Waals surface area contributed by atoms with Crippen LogP contribution in [0.1, 0.15) is 0 Å². The van der Waals surface area contributed by atoms with E-state index in [0.717, 1.165) is 0 Å². The van der Waals surface area contributed by atoms with Crippen molar-refractivity contribution in [2.75, 3.05) is 5.90 Å². The predicted molar refractivity (Wildman–Crippen MR) is 256 cm³/mol. The van der Waals surface area contributed by atoms with E-state index in [1.807, 2.05) is 5.92 Å². The Morgan fingerprint density at radius 3 is 0.609 bits per heavy atom. The summed E-state index contributed by atoms with van der Waals surface area (Å²) in [7, 11) is -1.26. The minimum Gasteiger partial charge on any atom is -0.0622 e. The Labute approximate surface area is 458 Å². The van der Waals surface area contributed by atoms with Crippen LogP contribution in [0.5, 0.6) is 0 Å². The molecule has 0 aliphatic rings. The molecule has 0 spiro atoms. The minimum absolute atomic E-state index is 0. The molecule has 7 rings (SSSR count). The second kappa shape index (κ2) is 59.4. The fourth-order valence-electron chi connectivity index (χ4n) is 5.42. The molecule has 0 aliphatic carbocycles. The monoisotopic (exact) mass is 1280 g/mol. The molecule has 0 unspecified atom stereocenters. The van der Waals surface area contributed by atoms with E-state index in [4.69, 9.17) is 39.0 Å². The van der Waals surface area contributed by atoms with E-state index in [0.29, 0.717) is 0 Å². The van der Waals surface area contributed by atoms with Gasteiger partial charge in [0.25, 0.3) is 0 Å². The van der Waals surface area contributed by atoms with Crippen LogP contribution >= 0.6 is 23.8 Å². The molecule has 7 aromatic rings. The van der Waals surface area contributed by atoms with Gasteiger partial charge >= 0.3 is 101 Å². The van der Waals surface area contributed by atoms with Crippen molar-refractivity contribution in [3.8, 4) is 17.8 Å². The molecule has 69 heavy (non-hydrogen) atoms. The molecule has 0 N–H and O–H groups in total. The predicted octanol–water partition coefficient (Wildman–Crippen LogP) is 8.80. The summed E-state index contributed by atoms with van der Waals surface area (Å²) in [5.74, 6) is 7.40. The van der Waals surface area contributed by atoms with Gasteiger partial charge in [-0.25, -0.2) is 0 Å². The molecular formula is C55H39AuCo3O7P3-. The van der Waals surface area contributed by atoms with E-state index >= 15 is 0 Å². The van der Waals surface area contributed by atoms with Crippen molar-refractivity contribution < 1.29 is 105 Å². The summed E-state index contributed by atoms with van der Waals surface area (Å²) in [6, 6.07) is 76.5. The van der Waals surface area contributed by atoms with Gasteiger partial charge in [0.2, 0.25) is 0 Å². The molecule has 3 radical (unpaired) electrons. The third-order valence-corrected chi connectivity index (χ3v) is 16.1. The van der Waals surface area contributed by atoms with Crippen molar-refractivity contribution in [3.63, 3.8) is 0 Å². The second-order valence-corrected chi connectivity index (χ2v) is 18.2. The molecule has 0 atom stereocenters. The first-order chi connectivity index (χ1) is 32.3. The zero-order valence-electron chi connectivity index (χ0n) is 36.1. The molecule has 0 heterocycles. The van der Waals surface area contributed by atoms with Crippen LogP contribution < -0.4 is 37.1 Å². The van der Waals surface area contributed by atoms with Crippen LogP contribution in [0.15, 0.2) is 212 Å². The molecular weight excluding hydrogens is 1240 g/mol. The van der Waals surface area contributed by atoms with E-state index in [1.165, 1.54) is 43.0 Å². The summed E-state index contributed by atoms with van der Waals surface area (Å²) in [5, 5.41) is 10.0. The third kappa shape index (κ3) is 32.7. The maximum absolute atomic E-state index is 7.50. The summed E-state index contributed by atoms with van der Waals surface area (Å²) >= 11 is 0. The summed E-state index contributed by atoms with van der Waals surface area (Å²) < 4.78 is 52.5. The van der Waals surface area contributed by atoms with Crippen LogP contribution in [0.3, 0.4) is 0 Å². The summed E-state index contributed by atoms with van der Waals surface area (Å²) in [6.07, 6.45) is 6.14. The largest absolute Gasteiger partial charge is 0.0622 e. The van der Waals surface area contributed by atoms with Crippen LogP contribution in [0.25, 0.3) is 0 Å². The molecule has 0 amide bonds. The smallest absolute Gasteiger partial charge is 0.00405 e. The summed E-state index contributed by atoms with van der Waals surface area (Å²) in [6.45, 7) is 34.6. The first-order valence-corrected chi connectivity index (χ1v) is 22.5. The number of hydrogen-bond donors (Lipinski definition) is 0. The quantitative estimate of drug-likeness (QED) is 0.0449. The van der Waals surface area contributed by atoms with Crippen LogP contribution in [0.2, 0.25) is 0 Å². The molecule has 0 fully saturated rings. The summed E-state index contributed by atoms with van der Waals surface area (Å²) in [5.41, 5.74) is 0. The van der Waals surface area contributed by atoms with Gasteiger partial charge in [0, 0.05) is 56.2 Å².